The lowest BCUT2D eigenvalue weighted by atomic mass is 9.91. The van der Waals surface area contributed by atoms with Gasteiger partial charge in [-0.3, -0.25) is 0 Å². The molecule has 1 aliphatic heterocycles. The number of nitrogen functional groups attached to an aromatic ring is 1. The molecular weight excluding hydrogens is 324 g/mol. The Labute approximate surface area is 127 Å². The van der Waals surface area contributed by atoms with E-state index in [1.54, 1.807) is 5.32 Å². The molecule has 0 bridgehead atoms. The summed E-state index contributed by atoms with van der Waals surface area (Å²) in [5, 5.41) is 10.2. The third kappa shape index (κ3) is 3.60. The van der Waals surface area contributed by atoms with Crippen molar-refractivity contribution in [2.75, 3.05) is 5.73 Å². The van der Waals surface area contributed by atoms with E-state index in [1.165, 1.54) is 0 Å². The molecule has 11 heteroatoms. The Kier molecular flexibility index (Phi) is 4.05. The topological polar surface area (TPSA) is 110 Å². The van der Waals surface area contributed by atoms with E-state index in [9.17, 15) is 22.4 Å². The zero-order chi connectivity index (χ0) is 17.4. The van der Waals surface area contributed by atoms with E-state index in [0.717, 1.165) is 19.1 Å². The fourth-order valence-corrected chi connectivity index (χ4v) is 2.15. The van der Waals surface area contributed by atoms with E-state index >= 15 is 0 Å². The first-order chi connectivity index (χ1) is 10.5. The van der Waals surface area contributed by atoms with Crippen LogP contribution in [0, 0.1) is 5.82 Å². The summed E-state index contributed by atoms with van der Waals surface area (Å²) in [6.07, 6.45) is -7.22. The average Bonchev–Trinajstić information content (AvgIpc) is 2.39. The minimum atomic E-state index is -4.77. The Hall–Kier alpha value is -2.59. The van der Waals surface area contributed by atoms with Crippen molar-refractivity contribution in [1.29, 1.82) is 0 Å². The van der Waals surface area contributed by atoms with Crippen LogP contribution in [0.1, 0.15) is 19.0 Å². The highest BCUT2D eigenvalue weighted by molar-refractivity contribution is 5.90. The van der Waals surface area contributed by atoms with Crippen molar-refractivity contribution in [1.82, 2.24) is 10.3 Å². The number of nitrogens with two attached hydrogens (primary N) is 1. The molecule has 4 N–H and O–H groups in total. The van der Waals surface area contributed by atoms with E-state index in [-0.39, 0.29) is 5.82 Å². The molecule has 0 radical (unpaired) electrons. The Morgan fingerprint density at radius 2 is 2.17 bits per heavy atom. The van der Waals surface area contributed by atoms with Crippen molar-refractivity contribution in [3.05, 3.63) is 23.6 Å². The van der Waals surface area contributed by atoms with Gasteiger partial charge in [-0.1, -0.05) is 0 Å². The maximum absolute atomic E-state index is 14.0. The number of hydrogen-bond acceptors (Lipinski definition) is 5. The Balaban J connectivity index is 2.48. The van der Waals surface area contributed by atoms with Crippen molar-refractivity contribution in [2.24, 2.45) is 4.99 Å². The molecule has 126 valence electrons. The van der Waals surface area contributed by atoms with Crippen LogP contribution >= 0.6 is 0 Å². The van der Waals surface area contributed by atoms with Crippen molar-refractivity contribution < 1.29 is 32.2 Å². The molecule has 0 fully saturated rings. The maximum atomic E-state index is 14.0. The number of amidine groups is 1. The monoisotopic (exact) mass is 336 g/mol. The number of aliphatic imine (C=N–C) groups is 1. The second-order valence-electron chi connectivity index (χ2n) is 5.03. The molecule has 0 saturated carbocycles. The lowest BCUT2D eigenvalue weighted by molar-refractivity contribution is -0.164. The Bertz CT molecular complexity index is 664. The van der Waals surface area contributed by atoms with Crippen molar-refractivity contribution in [3.8, 4) is 0 Å². The van der Waals surface area contributed by atoms with E-state index in [0.29, 0.717) is 0 Å². The molecule has 23 heavy (non-hydrogen) atoms. The summed E-state index contributed by atoms with van der Waals surface area (Å²) in [5.41, 5.74) is 3.06. The van der Waals surface area contributed by atoms with Crippen LogP contribution in [0.4, 0.5) is 28.2 Å². The van der Waals surface area contributed by atoms with Gasteiger partial charge in [0.1, 0.15) is 17.3 Å². The smallest absolute Gasteiger partial charge is 0.412 e. The molecular formula is C12H12F4N4O3. The Morgan fingerprint density at radius 1 is 1.52 bits per heavy atom. The van der Waals surface area contributed by atoms with Crippen molar-refractivity contribution in [3.63, 3.8) is 0 Å². The number of carbonyl (C=O) groups is 1. The van der Waals surface area contributed by atoms with Gasteiger partial charge in [0.2, 0.25) is 0 Å². The van der Waals surface area contributed by atoms with Gasteiger partial charge >= 0.3 is 12.3 Å². The van der Waals surface area contributed by atoms with Crippen LogP contribution in [0.3, 0.4) is 0 Å². The minimum absolute atomic E-state index is 0.120. The number of carboxylic acid groups (broad SMARTS) is 1. The van der Waals surface area contributed by atoms with E-state index in [4.69, 9.17) is 15.6 Å². The fraction of sp³-hybridized carbons (Fsp3) is 0.417. The molecule has 2 rings (SSSR count). The lowest BCUT2D eigenvalue weighted by Crippen LogP contribution is -2.48. The van der Waals surface area contributed by atoms with Gasteiger partial charge in [-0.2, -0.15) is 13.2 Å². The number of hydrogen-bond donors (Lipinski definition) is 3. The van der Waals surface area contributed by atoms with Crippen LogP contribution in [-0.4, -0.2) is 34.4 Å². The van der Waals surface area contributed by atoms with Crippen LogP contribution < -0.4 is 11.1 Å². The van der Waals surface area contributed by atoms with E-state index < -0.39 is 47.9 Å². The normalized spacial score (nSPS) is 24.6. The van der Waals surface area contributed by atoms with Crippen LogP contribution in [0.25, 0.3) is 0 Å². The SMILES string of the molecule is C[C@@]1(c2nc(N)ccc2F)C[C@@H](C(F)(F)F)N=C(NC(=O)O)O1. The van der Waals surface area contributed by atoms with Gasteiger partial charge in [0.05, 0.1) is 0 Å². The third-order valence-electron chi connectivity index (χ3n) is 3.14. The summed E-state index contributed by atoms with van der Waals surface area (Å²) in [5.74, 6) is -1.05. The molecule has 2 atom stereocenters. The first kappa shape index (κ1) is 16.8. The molecule has 1 amide bonds. The van der Waals surface area contributed by atoms with E-state index in [2.05, 4.69) is 9.98 Å². The second-order valence-corrected chi connectivity index (χ2v) is 5.03. The van der Waals surface area contributed by atoms with Gasteiger partial charge in [-0.05, 0) is 19.1 Å². The summed E-state index contributed by atoms with van der Waals surface area (Å²) in [6.45, 7) is 1.15. The maximum Gasteiger partial charge on any atom is 0.412 e. The van der Waals surface area contributed by atoms with E-state index in [1.807, 2.05) is 0 Å². The first-order valence-corrected chi connectivity index (χ1v) is 6.27. The van der Waals surface area contributed by atoms with Gasteiger partial charge in [-0.25, -0.2) is 24.5 Å². The predicted octanol–water partition coefficient (Wildman–Crippen LogP) is 1.99. The molecule has 0 aromatic carbocycles. The Morgan fingerprint density at radius 3 is 2.74 bits per heavy atom. The van der Waals surface area contributed by atoms with Crippen LogP contribution in [0.5, 0.6) is 0 Å². The summed E-state index contributed by atoms with van der Waals surface area (Å²) in [4.78, 5) is 17.5. The van der Waals surface area contributed by atoms with Crippen molar-refractivity contribution >= 4 is 17.9 Å². The van der Waals surface area contributed by atoms with Gasteiger partial charge in [0, 0.05) is 6.42 Å². The molecule has 2 heterocycles. The third-order valence-corrected chi connectivity index (χ3v) is 3.14. The predicted molar refractivity (Wildman–Crippen MR) is 70.1 cm³/mol. The first-order valence-electron chi connectivity index (χ1n) is 6.27. The number of pyridine rings is 1. The van der Waals surface area contributed by atoms with Crippen LogP contribution in [0.2, 0.25) is 0 Å². The molecule has 0 aliphatic carbocycles. The van der Waals surface area contributed by atoms with Crippen LogP contribution in [-0.2, 0) is 10.3 Å². The quantitative estimate of drug-likeness (QED) is 0.680. The minimum Gasteiger partial charge on any atom is -0.465 e. The standard InChI is InChI=1S/C12H12F4N4O3/c1-11(8-5(13)2-3-7(17)19-8)4-6(12(14,15)16)18-9(23-11)20-10(21)22/h2-3,6H,4H2,1H3,(H2,17,19)(H,18,20)(H,21,22)/t6-,11-/m0/s1. The number of alkyl halides is 3. The molecule has 1 aromatic rings. The number of amides is 1. The zero-order valence-electron chi connectivity index (χ0n) is 11.7. The molecule has 1 aliphatic rings. The lowest BCUT2D eigenvalue weighted by Gasteiger charge is -2.37. The van der Waals surface area contributed by atoms with Crippen molar-refractivity contribution in [2.45, 2.75) is 31.2 Å². The summed E-state index contributed by atoms with van der Waals surface area (Å²) in [7, 11) is 0. The molecule has 0 saturated heterocycles. The molecule has 0 spiro atoms. The summed E-state index contributed by atoms with van der Waals surface area (Å²) < 4.78 is 58.1. The average molecular weight is 336 g/mol. The summed E-state index contributed by atoms with van der Waals surface area (Å²) in [6, 6.07) is -1.11. The van der Waals surface area contributed by atoms with Gasteiger partial charge < -0.3 is 15.6 Å². The fourth-order valence-electron chi connectivity index (χ4n) is 2.15. The number of ether oxygens (including phenoxy) is 1. The number of aromatic nitrogens is 1. The largest absolute Gasteiger partial charge is 0.465 e. The number of halogens is 4. The number of nitrogens with zero attached hydrogens (tertiary/aromatic N) is 2. The molecule has 1 aromatic heterocycles. The number of nitrogens with one attached hydrogen (secondary N) is 1. The molecule has 0 unspecified atom stereocenters. The highest BCUT2D eigenvalue weighted by Gasteiger charge is 2.50. The number of rotatable bonds is 1. The highest BCUT2D eigenvalue weighted by Crippen LogP contribution is 2.40. The van der Waals surface area contributed by atoms with Gasteiger partial charge in [0.25, 0.3) is 6.02 Å². The van der Waals surface area contributed by atoms with Crippen LogP contribution in [0.15, 0.2) is 17.1 Å². The summed E-state index contributed by atoms with van der Waals surface area (Å²) >= 11 is 0. The molecule has 7 nitrogen and oxygen atoms in total. The van der Waals surface area contributed by atoms with Gasteiger partial charge in [-0.15, -0.1) is 0 Å². The highest BCUT2D eigenvalue weighted by atomic mass is 19.4. The number of anilines is 1. The zero-order valence-corrected chi connectivity index (χ0v) is 11.7. The van der Waals surface area contributed by atoms with Gasteiger partial charge in [0.15, 0.2) is 11.6 Å². The second kappa shape index (κ2) is 5.56.